The highest BCUT2D eigenvalue weighted by Crippen LogP contribution is 2.54. The Hall–Kier alpha value is -3.32. The van der Waals surface area contributed by atoms with Gasteiger partial charge in [-0.25, -0.2) is 0 Å². The maximum absolute atomic E-state index is 6.48. The number of rotatable bonds is 3. The largest absolute Gasteiger partial charge is 0.455 e. The molecule has 148 valence electrons. The first-order chi connectivity index (χ1) is 14.5. The first-order valence-corrected chi connectivity index (χ1v) is 10.5. The van der Waals surface area contributed by atoms with E-state index >= 15 is 0 Å². The first kappa shape index (κ1) is 18.7. The van der Waals surface area contributed by atoms with E-state index in [4.69, 9.17) is 4.42 Å². The van der Waals surface area contributed by atoms with E-state index in [1.54, 1.807) is 0 Å². The second-order valence-electron chi connectivity index (χ2n) is 8.68. The summed E-state index contributed by atoms with van der Waals surface area (Å²) in [6.07, 6.45) is 8.11. The van der Waals surface area contributed by atoms with Gasteiger partial charge in [-0.3, -0.25) is 0 Å². The SMILES string of the molecule is C=C/C=C(\C=C/C)c1cc2c(c3c1oc1ccccc13)-c1ccc(C)cc1C2(C)C. The molecule has 1 heteroatoms. The van der Waals surface area contributed by atoms with Crippen molar-refractivity contribution >= 4 is 27.5 Å². The molecule has 1 heterocycles. The van der Waals surface area contributed by atoms with Gasteiger partial charge in [0.2, 0.25) is 0 Å². The van der Waals surface area contributed by atoms with Crippen LogP contribution in [0.15, 0.2) is 83.8 Å². The average molecular weight is 391 g/mol. The van der Waals surface area contributed by atoms with Crippen molar-refractivity contribution in [3.63, 3.8) is 0 Å². The molecule has 1 nitrogen and oxygen atoms in total. The van der Waals surface area contributed by atoms with Crippen molar-refractivity contribution < 1.29 is 4.42 Å². The Labute approximate surface area is 178 Å². The van der Waals surface area contributed by atoms with E-state index in [0.29, 0.717) is 0 Å². The smallest absolute Gasteiger partial charge is 0.143 e. The Morgan fingerprint density at radius 1 is 1.03 bits per heavy atom. The predicted molar refractivity (Wildman–Crippen MR) is 129 cm³/mol. The summed E-state index contributed by atoms with van der Waals surface area (Å²) in [5, 5.41) is 2.39. The van der Waals surface area contributed by atoms with Crippen molar-refractivity contribution in [1.29, 1.82) is 0 Å². The lowest BCUT2D eigenvalue weighted by Gasteiger charge is -2.22. The van der Waals surface area contributed by atoms with Gasteiger partial charge >= 0.3 is 0 Å². The molecular weight excluding hydrogens is 364 g/mol. The normalized spacial score (nSPS) is 15.1. The highest BCUT2D eigenvalue weighted by molar-refractivity contribution is 6.17. The van der Waals surface area contributed by atoms with Gasteiger partial charge in [-0.05, 0) is 53.8 Å². The Balaban J connectivity index is 2.01. The minimum Gasteiger partial charge on any atom is -0.455 e. The van der Waals surface area contributed by atoms with Gasteiger partial charge in [0.05, 0.1) is 0 Å². The number of hydrogen-bond acceptors (Lipinski definition) is 1. The molecule has 0 bridgehead atoms. The third-order valence-electron chi connectivity index (χ3n) is 6.39. The lowest BCUT2D eigenvalue weighted by molar-refractivity contribution is 0.655. The van der Waals surface area contributed by atoms with Crippen molar-refractivity contribution in [2.24, 2.45) is 0 Å². The van der Waals surface area contributed by atoms with E-state index in [9.17, 15) is 0 Å². The molecule has 4 aromatic rings. The van der Waals surface area contributed by atoms with Crippen LogP contribution in [0.1, 0.15) is 43.0 Å². The third-order valence-corrected chi connectivity index (χ3v) is 6.39. The number of hydrogen-bond donors (Lipinski definition) is 0. The van der Waals surface area contributed by atoms with Gasteiger partial charge in [-0.2, -0.15) is 0 Å². The van der Waals surface area contributed by atoms with Crippen LogP contribution in [0.5, 0.6) is 0 Å². The molecular formula is C29H26O. The second-order valence-corrected chi connectivity index (χ2v) is 8.68. The van der Waals surface area contributed by atoms with E-state index in [-0.39, 0.29) is 5.41 Å². The first-order valence-electron chi connectivity index (χ1n) is 10.5. The number of fused-ring (bicyclic) bond motifs is 7. The zero-order chi connectivity index (χ0) is 21.0. The minimum absolute atomic E-state index is 0.0762. The molecule has 0 atom stereocenters. The van der Waals surface area contributed by atoms with Crippen LogP contribution in [0, 0.1) is 6.92 Å². The number of aryl methyl sites for hydroxylation is 1. The van der Waals surface area contributed by atoms with E-state index in [2.05, 4.69) is 88.0 Å². The molecule has 0 aliphatic heterocycles. The van der Waals surface area contributed by atoms with Crippen molar-refractivity contribution in [2.45, 2.75) is 33.1 Å². The Bertz CT molecular complexity index is 1390. The molecule has 0 saturated carbocycles. The van der Waals surface area contributed by atoms with E-state index in [1.165, 1.54) is 38.6 Å². The van der Waals surface area contributed by atoms with Crippen LogP contribution in [0.4, 0.5) is 0 Å². The molecule has 0 spiro atoms. The summed E-state index contributed by atoms with van der Waals surface area (Å²) >= 11 is 0. The molecule has 3 aromatic carbocycles. The maximum atomic E-state index is 6.48. The lowest BCUT2D eigenvalue weighted by Crippen LogP contribution is -2.15. The summed E-state index contributed by atoms with van der Waals surface area (Å²) in [4.78, 5) is 0. The molecule has 1 aliphatic carbocycles. The van der Waals surface area contributed by atoms with Crippen molar-refractivity contribution in [3.05, 3.63) is 102 Å². The van der Waals surface area contributed by atoms with Crippen LogP contribution in [0.3, 0.4) is 0 Å². The van der Waals surface area contributed by atoms with Crippen LogP contribution in [-0.4, -0.2) is 0 Å². The Morgan fingerprint density at radius 2 is 1.83 bits per heavy atom. The topological polar surface area (TPSA) is 13.1 Å². The highest BCUT2D eigenvalue weighted by Gasteiger charge is 2.38. The standard InChI is InChI=1S/C29H26O/c1-6-10-19(11-7-2)22-17-24-26(20-15-14-18(3)16-23(20)29(24,4)5)27-21-12-8-9-13-25(21)30-28(22)27/h6-17H,1H2,2-5H3/b11-7-,19-10+. The molecule has 0 saturated heterocycles. The Morgan fingerprint density at radius 3 is 2.60 bits per heavy atom. The number of para-hydroxylation sites is 1. The monoisotopic (exact) mass is 390 g/mol. The summed E-state index contributed by atoms with van der Waals surface area (Å²) < 4.78 is 6.48. The average Bonchev–Trinajstić information content (AvgIpc) is 3.21. The van der Waals surface area contributed by atoms with E-state index in [1.807, 2.05) is 19.1 Å². The van der Waals surface area contributed by atoms with E-state index < -0.39 is 0 Å². The lowest BCUT2D eigenvalue weighted by atomic mass is 9.80. The molecule has 0 unspecified atom stereocenters. The quantitative estimate of drug-likeness (QED) is 0.320. The third kappa shape index (κ3) is 2.48. The predicted octanol–water partition coefficient (Wildman–Crippen LogP) is 8.35. The number of furan rings is 1. The van der Waals surface area contributed by atoms with E-state index in [0.717, 1.165) is 22.3 Å². The molecule has 1 aromatic heterocycles. The van der Waals surface area contributed by atoms with Gasteiger partial charge in [0.15, 0.2) is 0 Å². The van der Waals surface area contributed by atoms with Gasteiger partial charge in [-0.1, -0.05) is 86.7 Å². The fourth-order valence-electron chi connectivity index (χ4n) is 4.97. The second kappa shape index (κ2) is 6.60. The van der Waals surface area contributed by atoms with Crippen LogP contribution in [0.2, 0.25) is 0 Å². The summed E-state index contributed by atoms with van der Waals surface area (Å²) in [5.41, 5.74) is 10.7. The zero-order valence-corrected chi connectivity index (χ0v) is 18.0. The number of benzene rings is 3. The van der Waals surface area contributed by atoms with Gasteiger partial charge in [-0.15, -0.1) is 0 Å². The molecule has 0 N–H and O–H groups in total. The van der Waals surface area contributed by atoms with Gasteiger partial charge in [0.1, 0.15) is 11.2 Å². The Kier molecular flexibility index (Phi) is 4.11. The van der Waals surface area contributed by atoms with Gasteiger partial charge < -0.3 is 4.42 Å². The molecule has 1 aliphatic rings. The summed E-state index contributed by atoms with van der Waals surface area (Å²) in [7, 11) is 0. The van der Waals surface area contributed by atoms with Crippen molar-refractivity contribution in [3.8, 4) is 11.1 Å². The molecule has 0 radical (unpaired) electrons. The van der Waals surface area contributed by atoms with Crippen LogP contribution < -0.4 is 0 Å². The minimum atomic E-state index is -0.0762. The summed E-state index contributed by atoms with van der Waals surface area (Å²) in [6, 6.07) is 17.6. The molecule has 0 fully saturated rings. The van der Waals surface area contributed by atoms with Crippen molar-refractivity contribution in [2.75, 3.05) is 0 Å². The highest BCUT2D eigenvalue weighted by atomic mass is 16.3. The maximum Gasteiger partial charge on any atom is 0.143 e. The number of allylic oxidation sites excluding steroid dienone is 5. The summed E-state index contributed by atoms with van der Waals surface area (Å²) in [5.74, 6) is 0. The van der Waals surface area contributed by atoms with Crippen molar-refractivity contribution in [1.82, 2.24) is 0 Å². The fraction of sp³-hybridized carbons (Fsp3) is 0.172. The molecule has 0 amide bonds. The molecule has 5 rings (SSSR count). The van der Waals surface area contributed by atoms with Gasteiger partial charge in [0.25, 0.3) is 0 Å². The van der Waals surface area contributed by atoms with Crippen LogP contribution in [0.25, 0.3) is 38.6 Å². The van der Waals surface area contributed by atoms with Gasteiger partial charge in [0, 0.05) is 21.8 Å². The summed E-state index contributed by atoms with van der Waals surface area (Å²) in [6.45, 7) is 12.8. The fourth-order valence-corrected chi connectivity index (χ4v) is 4.97. The van der Waals surface area contributed by atoms with Crippen LogP contribution in [-0.2, 0) is 5.41 Å². The van der Waals surface area contributed by atoms with Crippen LogP contribution >= 0.6 is 0 Å². The molecule has 30 heavy (non-hydrogen) atoms. The zero-order valence-electron chi connectivity index (χ0n) is 18.0.